The van der Waals surface area contributed by atoms with Crippen molar-refractivity contribution in [3.05, 3.63) is 47.5 Å². The molecule has 0 radical (unpaired) electrons. The third-order valence-corrected chi connectivity index (χ3v) is 2.27. The lowest BCUT2D eigenvalue weighted by Gasteiger charge is -2.11. The lowest BCUT2D eigenvalue weighted by Crippen LogP contribution is -2.05. The van der Waals surface area contributed by atoms with Gasteiger partial charge < -0.3 is 9.84 Å². The molecule has 0 amide bonds. The zero-order valence-electron chi connectivity index (χ0n) is 8.92. The molecule has 2 rings (SSSR count). The van der Waals surface area contributed by atoms with E-state index in [2.05, 4.69) is 15.2 Å². The maximum absolute atomic E-state index is 8.90. The average molecular weight is 219 g/mol. The first-order chi connectivity index (χ1) is 7.85. The number of aromatic nitrogens is 3. The summed E-state index contributed by atoms with van der Waals surface area (Å²) in [7, 11) is 1.60. The molecular formula is C11H13N3O2. The van der Waals surface area contributed by atoms with Crippen LogP contribution in [0.2, 0.25) is 0 Å². The number of methoxy groups -OCH3 is 1. The molecule has 1 unspecified atom stereocenters. The fraction of sp³-hybridized carbons (Fsp3) is 0.273. The van der Waals surface area contributed by atoms with Gasteiger partial charge >= 0.3 is 0 Å². The molecule has 16 heavy (non-hydrogen) atoms. The Hall–Kier alpha value is -1.72. The summed E-state index contributed by atoms with van der Waals surface area (Å²) >= 11 is 0. The standard InChI is InChI=1S/C11H13N3O2/c1-16-10(8-5-3-2-4-6-8)11-12-9(7-15)13-14-11/h2-6,10,15H,7H2,1H3,(H,12,13,14). The van der Waals surface area contributed by atoms with Gasteiger partial charge in [0.25, 0.3) is 0 Å². The van der Waals surface area contributed by atoms with E-state index in [-0.39, 0.29) is 12.7 Å². The van der Waals surface area contributed by atoms with Gasteiger partial charge in [0.15, 0.2) is 5.82 Å². The Balaban J connectivity index is 2.29. The molecule has 0 aliphatic carbocycles. The van der Waals surface area contributed by atoms with Crippen LogP contribution in [-0.4, -0.2) is 27.4 Å². The Morgan fingerprint density at radius 3 is 2.69 bits per heavy atom. The Labute approximate surface area is 93.1 Å². The van der Waals surface area contributed by atoms with E-state index < -0.39 is 0 Å². The first-order valence-electron chi connectivity index (χ1n) is 4.95. The third-order valence-electron chi connectivity index (χ3n) is 2.27. The molecule has 0 bridgehead atoms. The van der Waals surface area contributed by atoms with Gasteiger partial charge in [0.2, 0.25) is 0 Å². The van der Waals surface area contributed by atoms with Crippen LogP contribution < -0.4 is 0 Å². The molecule has 2 aromatic rings. The minimum Gasteiger partial charge on any atom is -0.388 e. The normalized spacial score (nSPS) is 12.6. The average Bonchev–Trinajstić information content (AvgIpc) is 2.80. The topological polar surface area (TPSA) is 71.0 Å². The highest BCUT2D eigenvalue weighted by atomic mass is 16.5. The highest BCUT2D eigenvalue weighted by Gasteiger charge is 2.17. The van der Waals surface area contributed by atoms with Crippen molar-refractivity contribution in [2.45, 2.75) is 12.7 Å². The van der Waals surface area contributed by atoms with Gasteiger partial charge in [0.1, 0.15) is 18.5 Å². The van der Waals surface area contributed by atoms with Gasteiger partial charge in [-0.2, -0.15) is 5.10 Å². The summed E-state index contributed by atoms with van der Waals surface area (Å²) < 4.78 is 5.35. The van der Waals surface area contributed by atoms with E-state index in [1.807, 2.05) is 30.3 Å². The fourth-order valence-electron chi connectivity index (χ4n) is 1.52. The number of aromatic amines is 1. The van der Waals surface area contributed by atoms with E-state index in [9.17, 15) is 0 Å². The molecule has 2 N–H and O–H groups in total. The van der Waals surface area contributed by atoms with Crippen molar-refractivity contribution < 1.29 is 9.84 Å². The van der Waals surface area contributed by atoms with E-state index in [4.69, 9.17) is 9.84 Å². The van der Waals surface area contributed by atoms with Crippen LogP contribution in [0.1, 0.15) is 23.3 Å². The number of rotatable bonds is 4. The first-order valence-corrected chi connectivity index (χ1v) is 4.95. The SMILES string of the molecule is COC(c1ccccc1)c1n[nH]c(CO)n1. The predicted octanol–water partition coefficient (Wildman–Crippen LogP) is 1.03. The summed E-state index contributed by atoms with van der Waals surface area (Å²) in [6.45, 7) is -0.155. The van der Waals surface area contributed by atoms with Crippen LogP contribution in [0, 0.1) is 0 Å². The largest absolute Gasteiger partial charge is 0.388 e. The molecule has 84 valence electrons. The quantitative estimate of drug-likeness (QED) is 0.805. The predicted molar refractivity (Wildman–Crippen MR) is 57.6 cm³/mol. The van der Waals surface area contributed by atoms with Crippen molar-refractivity contribution in [3.63, 3.8) is 0 Å². The molecule has 0 spiro atoms. The molecule has 1 aromatic heterocycles. The number of hydrogen-bond acceptors (Lipinski definition) is 4. The highest BCUT2D eigenvalue weighted by molar-refractivity contribution is 5.22. The molecule has 0 saturated carbocycles. The van der Waals surface area contributed by atoms with Crippen molar-refractivity contribution in [3.8, 4) is 0 Å². The molecular weight excluding hydrogens is 206 g/mol. The molecule has 1 heterocycles. The van der Waals surface area contributed by atoms with Crippen LogP contribution in [0.4, 0.5) is 0 Å². The molecule has 0 saturated heterocycles. The van der Waals surface area contributed by atoms with E-state index in [1.54, 1.807) is 7.11 Å². The Morgan fingerprint density at radius 1 is 1.38 bits per heavy atom. The van der Waals surface area contributed by atoms with Crippen LogP contribution in [-0.2, 0) is 11.3 Å². The van der Waals surface area contributed by atoms with E-state index in [0.29, 0.717) is 11.6 Å². The molecule has 1 aromatic carbocycles. The van der Waals surface area contributed by atoms with Gasteiger partial charge in [0, 0.05) is 7.11 Å². The zero-order valence-corrected chi connectivity index (χ0v) is 8.92. The van der Waals surface area contributed by atoms with E-state index in [1.165, 1.54) is 0 Å². The van der Waals surface area contributed by atoms with Crippen molar-refractivity contribution in [1.82, 2.24) is 15.2 Å². The van der Waals surface area contributed by atoms with E-state index >= 15 is 0 Å². The smallest absolute Gasteiger partial charge is 0.184 e. The van der Waals surface area contributed by atoms with Gasteiger partial charge in [-0.1, -0.05) is 30.3 Å². The van der Waals surface area contributed by atoms with Gasteiger partial charge in [-0.05, 0) is 5.56 Å². The van der Waals surface area contributed by atoms with Crippen molar-refractivity contribution in [2.75, 3.05) is 7.11 Å². The van der Waals surface area contributed by atoms with Gasteiger partial charge in [-0.3, -0.25) is 5.10 Å². The summed E-state index contributed by atoms with van der Waals surface area (Å²) in [6.07, 6.45) is -0.308. The Kier molecular flexibility index (Phi) is 3.28. The van der Waals surface area contributed by atoms with E-state index in [0.717, 1.165) is 5.56 Å². The Bertz CT molecular complexity index is 442. The lowest BCUT2D eigenvalue weighted by molar-refractivity contribution is 0.129. The lowest BCUT2D eigenvalue weighted by atomic mass is 10.1. The number of ether oxygens (including phenoxy) is 1. The summed E-state index contributed by atoms with van der Waals surface area (Å²) in [5.74, 6) is 0.964. The summed E-state index contributed by atoms with van der Waals surface area (Å²) in [4.78, 5) is 4.13. The maximum atomic E-state index is 8.90. The summed E-state index contributed by atoms with van der Waals surface area (Å²) in [5, 5.41) is 15.6. The Morgan fingerprint density at radius 2 is 2.12 bits per heavy atom. The number of nitrogens with one attached hydrogen (secondary N) is 1. The molecule has 0 aliphatic rings. The maximum Gasteiger partial charge on any atom is 0.184 e. The zero-order chi connectivity index (χ0) is 11.4. The molecule has 0 aliphatic heterocycles. The van der Waals surface area contributed by atoms with Crippen molar-refractivity contribution in [2.24, 2.45) is 0 Å². The summed E-state index contributed by atoms with van der Waals surface area (Å²) in [6, 6.07) is 9.70. The third kappa shape index (κ3) is 2.10. The number of H-pyrrole nitrogens is 1. The first kappa shape index (κ1) is 10.8. The number of hydrogen-bond donors (Lipinski definition) is 2. The van der Waals surface area contributed by atoms with Gasteiger partial charge in [0.05, 0.1) is 0 Å². The second-order valence-electron chi connectivity index (χ2n) is 3.32. The fourth-order valence-corrected chi connectivity index (χ4v) is 1.52. The van der Waals surface area contributed by atoms with Crippen LogP contribution in [0.5, 0.6) is 0 Å². The second-order valence-corrected chi connectivity index (χ2v) is 3.32. The number of benzene rings is 1. The van der Waals surface area contributed by atoms with Crippen LogP contribution in [0.3, 0.4) is 0 Å². The molecule has 5 heteroatoms. The highest BCUT2D eigenvalue weighted by Crippen LogP contribution is 2.21. The second kappa shape index (κ2) is 4.87. The van der Waals surface area contributed by atoms with Crippen LogP contribution in [0.15, 0.2) is 30.3 Å². The summed E-state index contributed by atoms with van der Waals surface area (Å²) in [5.41, 5.74) is 0.980. The van der Waals surface area contributed by atoms with Gasteiger partial charge in [-0.15, -0.1) is 0 Å². The number of aliphatic hydroxyl groups excluding tert-OH is 1. The molecule has 5 nitrogen and oxygen atoms in total. The van der Waals surface area contributed by atoms with Crippen molar-refractivity contribution >= 4 is 0 Å². The van der Waals surface area contributed by atoms with Crippen LogP contribution in [0.25, 0.3) is 0 Å². The van der Waals surface area contributed by atoms with Gasteiger partial charge in [-0.25, -0.2) is 4.98 Å². The molecule has 1 atom stereocenters. The minimum absolute atomic E-state index is 0.155. The van der Waals surface area contributed by atoms with Crippen LogP contribution >= 0.6 is 0 Å². The number of nitrogens with zero attached hydrogens (tertiary/aromatic N) is 2. The minimum atomic E-state index is -0.308. The van der Waals surface area contributed by atoms with Crippen molar-refractivity contribution in [1.29, 1.82) is 0 Å². The molecule has 0 fully saturated rings. The monoisotopic (exact) mass is 219 g/mol. The number of aliphatic hydroxyl groups is 1.